The van der Waals surface area contributed by atoms with Gasteiger partial charge in [-0.25, -0.2) is 9.97 Å². The second-order valence-corrected chi connectivity index (χ2v) is 7.64. The van der Waals surface area contributed by atoms with Crippen LogP contribution in [0.25, 0.3) is 10.6 Å². The molecule has 0 radical (unpaired) electrons. The SMILES string of the molecule is CC(=O)Cc1nc(C)c(-c2csc(Nc3ccccc3CCO)n2)s1. The molecular weight excluding hydrogens is 354 g/mol. The number of ketones is 1. The van der Waals surface area contributed by atoms with Crippen molar-refractivity contribution in [2.24, 2.45) is 0 Å². The number of nitrogens with one attached hydrogen (secondary N) is 1. The number of benzene rings is 1. The monoisotopic (exact) mass is 373 g/mol. The Hall–Kier alpha value is -2.09. The topological polar surface area (TPSA) is 75.1 Å². The number of thiazole rings is 2. The molecule has 0 fully saturated rings. The summed E-state index contributed by atoms with van der Waals surface area (Å²) < 4.78 is 0. The van der Waals surface area contributed by atoms with Crippen LogP contribution in [0, 0.1) is 6.92 Å². The largest absolute Gasteiger partial charge is 0.396 e. The lowest BCUT2D eigenvalue weighted by molar-refractivity contribution is -0.116. The lowest BCUT2D eigenvalue weighted by atomic mass is 10.1. The number of Topliss-reactive ketones (excluding diaryl/α,β-unsaturated/α-hetero) is 1. The third-order valence-corrected chi connectivity index (χ3v) is 5.56. The molecule has 0 spiro atoms. The normalized spacial score (nSPS) is 10.8. The van der Waals surface area contributed by atoms with Crippen LogP contribution in [0.3, 0.4) is 0 Å². The third-order valence-electron chi connectivity index (χ3n) is 3.62. The first kappa shape index (κ1) is 17.7. The molecule has 3 rings (SSSR count). The number of aliphatic hydroxyl groups is 1. The number of anilines is 2. The van der Waals surface area contributed by atoms with Gasteiger partial charge in [0.05, 0.1) is 22.7 Å². The number of aromatic nitrogens is 2. The first-order chi connectivity index (χ1) is 12.1. The van der Waals surface area contributed by atoms with E-state index in [2.05, 4.69) is 15.3 Å². The first-order valence-corrected chi connectivity index (χ1v) is 9.64. The van der Waals surface area contributed by atoms with Crippen molar-refractivity contribution in [3.05, 3.63) is 45.9 Å². The maximum Gasteiger partial charge on any atom is 0.187 e. The van der Waals surface area contributed by atoms with Gasteiger partial charge in [0, 0.05) is 17.7 Å². The number of rotatable bonds is 7. The minimum atomic E-state index is 0.112. The average molecular weight is 374 g/mol. The van der Waals surface area contributed by atoms with Gasteiger partial charge < -0.3 is 10.4 Å². The predicted octanol–water partition coefficient (Wildman–Crippen LogP) is 3.98. The Morgan fingerprint density at radius 3 is 2.84 bits per heavy atom. The van der Waals surface area contributed by atoms with Gasteiger partial charge in [0.1, 0.15) is 10.8 Å². The van der Waals surface area contributed by atoms with Gasteiger partial charge in [-0.2, -0.15) is 0 Å². The highest BCUT2D eigenvalue weighted by Gasteiger charge is 2.14. The molecule has 130 valence electrons. The summed E-state index contributed by atoms with van der Waals surface area (Å²) in [5, 5.41) is 16.1. The van der Waals surface area contributed by atoms with Crippen LogP contribution in [0.5, 0.6) is 0 Å². The van der Waals surface area contributed by atoms with Gasteiger partial charge in [0.25, 0.3) is 0 Å². The zero-order valence-corrected chi connectivity index (χ0v) is 15.7. The van der Waals surface area contributed by atoms with Crippen LogP contribution in [-0.2, 0) is 17.6 Å². The summed E-state index contributed by atoms with van der Waals surface area (Å²) in [5.74, 6) is 0.112. The van der Waals surface area contributed by atoms with Crippen LogP contribution in [0.15, 0.2) is 29.6 Å². The molecule has 0 unspecified atom stereocenters. The zero-order valence-electron chi connectivity index (χ0n) is 14.1. The van der Waals surface area contributed by atoms with E-state index in [4.69, 9.17) is 0 Å². The van der Waals surface area contributed by atoms with Gasteiger partial charge in [-0.05, 0) is 31.9 Å². The average Bonchev–Trinajstić information content (AvgIpc) is 3.15. The minimum absolute atomic E-state index is 0.112. The minimum Gasteiger partial charge on any atom is -0.396 e. The number of hydrogen-bond donors (Lipinski definition) is 2. The number of aryl methyl sites for hydroxylation is 1. The Labute approximate surface area is 154 Å². The molecular formula is C18H19N3O2S2. The Balaban J connectivity index is 1.81. The van der Waals surface area contributed by atoms with Crippen molar-refractivity contribution < 1.29 is 9.90 Å². The fraction of sp³-hybridized carbons (Fsp3) is 0.278. The van der Waals surface area contributed by atoms with Crippen molar-refractivity contribution in [2.45, 2.75) is 26.7 Å². The van der Waals surface area contributed by atoms with Crippen molar-refractivity contribution >= 4 is 39.3 Å². The van der Waals surface area contributed by atoms with E-state index in [1.807, 2.05) is 36.6 Å². The summed E-state index contributed by atoms with van der Waals surface area (Å²) in [7, 11) is 0. The Morgan fingerprint density at radius 1 is 1.28 bits per heavy atom. The standard InChI is InChI=1S/C18H19N3O2S2/c1-11(23)9-16-19-12(2)17(25-16)15-10-24-18(21-15)20-14-6-4-3-5-13(14)7-8-22/h3-6,10,22H,7-9H2,1-2H3,(H,20,21). The summed E-state index contributed by atoms with van der Waals surface area (Å²) in [4.78, 5) is 21.4. The molecule has 2 N–H and O–H groups in total. The number of carbonyl (C=O) groups is 1. The molecule has 0 aliphatic rings. The second-order valence-electron chi connectivity index (χ2n) is 5.69. The molecule has 3 aromatic rings. The molecule has 2 aromatic heterocycles. The predicted molar refractivity (Wildman–Crippen MR) is 103 cm³/mol. The molecule has 0 saturated heterocycles. The van der Waals surface area contributed by atoms with E-state index in [0.29, 0.717) is 12.8 Å². The number of aliphatic hydroxyl groups excluding tert-OH is 1. The molecule has 0 atom stereocenters. The van der Waals surface area contributed by atoms with Crippen LogP contribution in [0.1, 0.15) is 23.2 Å². The molecule has 0 saturated carbocycles. The number of para-hydroxylation sites is 1. The Kier molecular flexibility index (Phi) is 5.57. The van der Waals surface area contributed by atoms with Gasteiger partial charge in [0.15, 0.2) is 5.13 Å². The number of hydrogen-bond acceptors (Lipinski definition) is 7. The highest BCUT2D eigenvalue weighted by atomic mass is 32.1. The van der Waals surface area contributed by atoms with Crippen molar-refractivity contribution in [1.82, 2.24) is 9.97 Å². The van der Waals surface area contributed by atoms with Crippen molar-refractivity contribution in [1.29, 1.82) is 0 Å². The van der Waals surface area contributed by atoms with Crippen LogP contribution in [-0.4, -0.2) is 27.5 Å². The van der Waals surface area contributed by atoms with Crippen molar-refractivity contribution in [3.63, 3.8) is 0 Å². The van der Waals surface area contributed by atoms with E-state index in [-0.39, 0.29) is 12.4 Å². The van der Waals surface area contributed by atoms with Crippen LogP contribution >= 0.6 is 22.7 Å². The van der Waals surface area contributed by atoms with E-state index in [1.54, 1.807) is 6.92 Å². The van der Waals surface area contributed by atoms with E-state index in [0.717, 1.165) is 37.7 Å². The van der Waals surface area contributed by atoms with Gasteiger partial charge in [-0.3, -0.25) is 4.79 Å². The molecule has 0 amide bonds. The lowest BCUT2D eigenvalue weighted by Gasteiger charge is -2.08. The van der Waals surface area contributed by atoms with Gasteiger partial charge in [0.2, 0.25) is 0 Å². The molecule has 0 bridgehead atoms. The fourth-order valence-electron chi connectivity index (χ4n) is 2.51. The van der Waals surface area contributed by atoms with Gasteiger partial charge in [-0.15, -0.1) is 22.7 Å². The van der Waals surface area contributed by atoms with E-state index < -0.39 is 0 Å². The maximum absolute atomic E-state index is 11.3. The summed E-state index contributed by atoms with van der Waals surface area (Å²) in [6, 6.07) is 7.89. The number of carbonyl (C=O) groups excluding carboxylic acids is 1. The highest BCUT2D eigenvalue weighted by molar-refractivity contribution is 7.17. The van der Waals surface area contributed by atoms with Gasteiger partial charge in [-0.1, -0.05) is 18.2 Å². The molecule has 5 nitrogen and oxygen atoms in total. The number of nitrogens with zero attached hydrogens (tertiary/aromatic N) is 2. The van der Waals surface area contributed by atoms with Crippen LogP contribution in [0.4, 0.5) is 10.8 Å². The third kappa shape index (κ3) is 4.31. The van der Waals surface area contributed by atoms with Crippen molar-refractivity contribution in [2.75, 3.05) is 11.9 Å². The van der Waals surface area contributed by atoms with Crippen molar-refractivity contribution in [3.8, 4) is 10.6 Å². The zero-order chi connectivity index (χ0) is 17.8. The molecule has 2 heterocycles. The molecule has 7 heteroatoms. The van der Waals surface area contributed by atoms with Crippen LogP contribution < -0.4 is 5.32 Å². The summed E-state index contributed by atoms with van der Waals surface area (Å²) in [6.07, 6.45) is 0.971. The van der Waals surface area contributed by atoms with Gasteiger partial charge >= 0.3 is 0 Å². The first-order valence-electron chi connectivity index (χ1n) is 7.94. The molecule has 0 aliphatic heterocycles. The molecule has 0 aliphatic carbocycles. The Bertz CT molecular complexity index is 886. The summed E-state index contributed by atoms with van der Waals surface area (Å²) >= 11 is 3.05. The smallest absolute Gasteiger partial charge is 0.187 e. The van der Waals surface area contributed by atoms with E-state index >= 15 is 0 Å². The fourth-order valence-corrected chi connectivity index (χ4v) is 4.39. The van der Waals surface area contributed by atoms with Crippen LogP contribution in [0.2, 0.25) is 0 Å². The molecule has 1 aromatic carbocycles. The lowest BCUT2D eigenvalue weighted by Crippen LogP contribution is -1.98. The van der Waals surface area contributed by atoms with E-state index in [1.165, 1.54) is 22.7 Å². The summed E-state index contributed by atoms with van der Waals surface area (Å²) in [6.45, 7) is 3.63. The molecule has 25 heavy (non-hydrogen) atoms. The maximum atomic E-state index is 11.3. The second kappa shape index (κ2) is 7.86. The quantitative estimate of drug-likeness (QED) is 0.655. The summed E-state index contributed by atoms with van der Waals surface area (Å²) in [5.41, 5.74) is 3.78. The Morgan fingerprint density at radius 2 is 2.08 bits per heavy atom. The van der Waals surface area contributed by atoms with E-state index in [9.17, 15) is 9.90 Å². The highest BCUT2D eigenvalue weighted by Crippen LogP contribution is 2.34.